The molecule has 0 amide bonds. The van der Waals surface area contributed by atoms with Gasteiger partial charge in [0.05, 0.1) is 24.6 Å². The highest BCUT2D eigenvalue weighted by molar-refractivity contribution is 5.73. The zero-order chi connectivity index (χ0) is 15.5. The molecule has 3 rings (SSSR count). The second kappa shape index (κ2) is 6.11. The summed E-state index contributed by atoms with van der Waals surface area (Å²) >= 11 is 0. The van der Waals surface area contributed by atoms with Crippen molar-refractivity contribution in [3.05, 3.63) is 36.4 Å². The van der Waals surface area contributed by atoms with E-state index in [2.05, 4.69) is 22.1 Å². The van der Waals surface area contributed by atoms with Gasteiger partial charge in [0.15, 0.2) is 0 Å². The summed E-state index contributed by atoms with van der Waals surface area (Å²) in [6.07, 6.45) is 0. The molecule has 0 spiro atoms. The number of rotatable bonds is 3. The van der Waals surface area contributed by atoms with Crippen LogP contribution in [0.15, 0.2) is 36.4 Å². The van der Waals surface area contributed by atoms with Crippen LogP contribution in [-0.2, 0) is 4.74 Å². The zero-order valence-corrected chi connectivity index (χ0v) is 12.6. The van der Waals surface area contributed by atoms with Gasteiger partial charge in [-0.15, -0.1) is 0 Å². The molecule has 0 bridgehead atoms. The number of aromatic nitrogens is 1. The van der Waals surface area contributed by atoms with E-state index in [-0.39, 0.29) is 0 Å². The van der Waals surface area contributed by atoms with Gasteiger partial charge in [0.2, 0.25) is 0 Å². The van der Waals surface area contributed by atoms with Crippen LogP contribution < -0.4 is 21.7 Å². The number of para-hydroxylation sites is 2. The Bertz CT molecular complexity index is 661. The molecule has 5 N–H and O–H groups in total. The zero-order valence-electron chi connectivity index (χ0n) is 12.6. The Morgan fingerprint density at radius 1 is 1.27 bits per heavy atom. The minimum atomic E-state index is 0.310. The van der Waals surface area contributed by atoms with E-state index in [4.69, 9.17) is 16.2 Å². The predicted molar refractivity (Wildman–Crippen MR) is 90.4 cm³/mol. The van der Waals surface area contributed by atoms with E-state index in [0.29, 0.717) is 23.4 Å². The van der Waals surface area contributed by atoms with Crippen molar-refractivity contribution < 1.29 is 4.74 Å². The lowest BCUT2D eigenvalue weighted by atomic mass is 10.2. The standard InChI is InChI=1S/C16H21N5O/c1-11-10-22-7-6-21(11)12-8-15(18)20-16(9-12)19-14-5-3-2-4-13(14)17/h2-5,8-9,11H,6-7,10,17H2,1H3,(H3,18,19,20)/t11-/m1/s1. The van der Waals surface area contributed by atoms with Crippen LogP contribution in [0, 0.1) is 0 Å². The topological polar surface area (TPSA) is 89.4 Å². The fourth-order valence-corrected chi connectivity index (χ4v) is 2.63. The number of hydrogen-bond acceptors (Lipinski definition) is 6. The molecule has 1 aromatic carbocycles. The van der Waals surface area contributed by atoms with E-state index in [1.54, 1.807) is 0 Å². The number of nitrogens with one attached hydrogen (secondary N) is 1. The lowest BCUT2D eigenvalue weighted by molar-refractivity contribution is 0.0989. The first-order valence-corrected chi connectivity index (χ1v) is 7.37. The van der Waals surface area contributed by atoms with Gasteiger partial charge in [0.1, 0.15) is 11.6 Å². The van der Waals surface area contributed by atoms with E-state index in [1.165, 1.54) is 0 Å². The fourth-order valence-electron chi connectivity index (χ4n) is 2.63. The molecular weight excluding hydrogens is 278 g/mol. The number of nitrogens with zero attached hydrogens (tertiary/aromatic N) is 2. The number of anilines is 5. The van der Waals surface area contributed by atoms with Crippen LogP contribution in [0.3, 0.4) is 0 Å². The third-order valence-corrected chi connectivity index (χ3v) is 3.75. The van der Waals surface area contributed by atoms with Gasteiger partial charge in [-0.05, 0) is 19.1 Å². The number of nitrogens with two attached hydrogens (primary N) is 2. The molecular formula is C16H21N5O. The van der Waals surface area contributed by atoms with Gasteiger partial charge >= 0.3 is 0 Å². The molecule has 1 saturated heterocycles. The Hall–Kier alpha value is -2.47. The molecule has 2 aromatic rings. The van der Waals surface area contributed by atoms with Crippen molar-refractivity contribution in [2.45, 2.75) is 13.0 Å². The van der Waals surface area contributed by atoms with Crippen LogP contribution >= 0.6 is 0 Å². The molecule has 1 fully saturated rings. The van der Waals surface area contributed by atoms with Crippen molar-refractivity contribution >= 4 is 28.7 Å². The van der Waals surface area contributed by atoms with E-state index in [1.807, 2.05) is 36.4 Å². The first-order chi connectivity index (χ1) is 10.6. The molecule has 1 aliphatic heterocycles. The number of benzene rings is 1. The average molecular weight is 299 g/mol. The Labute approximate surface area is 130 Å². The normalized spacial score (nSPS) is 18.2. The smallest absolute Gasteiger partial charge is 0.134 e. The summed E-state index contributed by atoms with van der Waals surface area (Å²) in [7, 11) is 0. The molecule has 1 atom stereocenters. The summed E-state index contributed by atoms with van der Waals surface area (Å²) in [5.74, 6) is 1.17. The number of pyridine rings is 1. The summed E-state index contributed by atoms with van der Waals surface area (Å²) < 4.78 is 5.48. The maximum absolute atomic E-state index is 5.96. The van der Waals surface area contributed by atoms with Crippen LogP contribution in [0.1, 0.15) is 6.92 Å². The molecule has 22 heavy (non-hydrogen) atoms. The lowest BCUT2D eigenvalue weighted by Crippen LogP contribution is -2.43. The van der Waals surface area contributed by atoms with Gasteiger partial charge in [-0.3, -0.25) is 0 Å². The lowest BCUT2D eigenvalue weighted by Gasteiger charge is -2.35. The highest BCUT2D eigenvalue weighted by atomic mass is 16.5. The monoisotopic (exact) mass is 299 g/mol. The quantitative estimate of drug-likeness (QED) is 0.753. The maximum Gasteiger partial charge on any atom is 0.134 e. The summed E-state index contributed by atoms with van der Waals surface area (Å²) in [6.45, 7) is 4.42. The largest absolute Gasteiger partial charge is 0.397 e. The second-order valence-electron chi connectivity index (χ2n) is 5.47. The fraction of sp³-hybridized carbons (Fsp3) is 0.312. The van der Waals surface area contributed by atoms with Crippen molar-refractivity contribution in [2.75, 3.05) is 41.4 Å². The molecule has 6 heteroatoms. The van der Waals surface area contributed by atoms with Gasteiger partial charge in [-0.1, -0.05) is 12.1 Å². The van der Waals surface area contributed by atoms with Gasteiger partial charge < -0.3 is 26.4 Å². The third-order valence-electron chi connectivity index (χ3n) is 3.75. The van der Waals surface area contributed by atoms with Crippen molar-refractivity contribution in [3.63, 3.8) is 0 Å². The van der Waals surface area contributed by atoms with E-state index >= 15 is 0 Å². The molecule has 0 radical (unpaired) electrons. The van der Waals surface area contributed by atoms with Crippen molar-refractivity contribution in [1.82, 2.24) is 4.98 Å². The van der Waals surface area contributed by atoms with Crippen molar-refractivity contribution in [2.24, 2.45) is 0 Å². The van der Waals surface area contributed by atoms with Gasteiger partial charge in [0, 0.05) is 30.4 Å². The Kier molecular flexibility index (Phi) is 4.02. The average Bonchev–Trinajstić information content (AvgIpc) is 2.49. The minimum Gasteiger partial charge on any atom is -0.397 e. The number of nitrogen functional groups attached to an aromatic ring is 2. The van der Waals surface area contributed by atoms with Crippen molar-refractivity contribution in [1.29, 1.82) is 0 Å². The summed E-state index contributed by atoms with van der Waals surface area (Å²) in [4.78, 5) is 6.62. The molecule has 1 aromatic heterocycles. The van der Waals surface area contributed by atoms with Crippen LogP contribution in [0.25, 0.3) is 0 Å². The number of morpholine rings is 1. The molecule has 116 valence electrons. The van der Waals surface area contributed by atoms with Crippen molar-refractivity contribution in [3.8, 4) is 0 Å². The Morgan fingerprint density at radius 2 is 2.09 bits per heavy atom. The summed E-state index contributed by atoms with van der Waals surface area (Å²) in [5, 5.41) is 3.23. The van der Waals surface area contributed by atoms with E-state index in [0.717, 1.165) is 31.1 Å². The van der Waals surface area contributed by atoms with E-state index < -0.39 is 0 Å². The number of hydrogen-bond donors (Lipinski definition) is 3. The predicted octanol–water partition coefficient (Wildman–Crippen LogP) is 2.21. The summed E-state index contributed by atoms with van der Waals surface area (Å²) in [5.41, 5.74) is 14.5. The van der Waals surface area contributed by atoms with Crippen LogP contribution in [0.5, 0.6) is 0 Å². The van der Waals surface area contributed by atoms with Gasteiger partial charge in [0.25, 0.3) is 0 Å². The van der Waals surface area contributed by atoms with Crippen LogP contribution in [0.4, 0.5) is 28.7 Å². The molecule has 0 unspecified atom stereocenters. The second-order valence-corrected chi connectivity index (χ2v) is 5.47. The number of ether oxygens (including phenoxy) is 1. The van der Waals surface area contributed by atoms with Gasteiger partial charge in [-0.25, -0.2) is 4.98 Å². The van der Waals surface area contributed by atoms with Gasteiger partial charge in [-0.2, -0.15) is 0 Å². The third kappa shape index (κ3) is 3.07. The van der Waals surface area contributed by atoms with Crippen LogP contribution in [-0.4, -0.2) is 30.8 Å². The first kappa shape index (κ1) is 14.5. The Balaban J connectivity index is 1.88. The SMILES string of the molecule is C[C@@H]1COCCN1c1cc(N)nc(Nc2ccccc2N)c1. The highest BCUT2D eigenvalue weighted by Gasteiger charge is 2.20. The summed E-state index contributed by atoms with van der Waals surface area (Å²) in [6, 6.07) is 11.8. The maximum atomic E-state index is 5.96. The molecule has 0 saturated carbocycles. The molecule has 0 aliphatic carbocycles. The molecule has 1 aliphatic rings. The first-order valence-electron chi connectivity index (χ1n) is 7.37. The molecule has 6 nitrogen and oxygen atoms in total. The van der Waals surface area contributed by atoms with Crippen LogP contribution in [0.2, 0.25) is 0 Å². The highest BCUT2D eigenvalue weighted by Crippen LogP contribution is 2.27. The Morgan fingerprint density at radius 3 is 2.86 bits per heavy atom. The van der Waals surface area contributed by atoms with E-state index in [9.17, 15) is 0 Å². The minimum absolute atomic E-state index is 0.310. The molecule has 2 heterocycles.